The predicted octanol–water partition coefficient (Wildman–Crippen LogP) is 3.95. The number of aliphatic hydroxyl groups excluding tert-OH is 1. The third-order valence-electron chi connectivity index (χ3n) is 5.93. The summed E-state index contributed by atoms with van der Waals surface area (Å²) < 4.78 is 10.8. The van der Waals surface area contributed by atoms with Crippen LogP contribution in [0.1, 0.15) is 42.9 Å². The summed E-state index contributed by atoms with van der Waals surface area (Å²) in [7, 11) is 3.30. The second kappa shape index (κ2) is 9.44. The molecule has 4 nitrogen and oxygen atoms in total. The van der Waals surface area contributed by atoms with Crippen LogP contribution in [-0.2, 0) is 12.8 Å². The summed E-state index contributed by atoms with van der Waals surface area (Å²) in [6.07, 6.45) is 2.11. The quantitative estimate of drug-likeness (QED) is 0.725. The lowest BCUT2D eigenvalue weighted by Gasteiger charge is -2.32. The largest absolute Gasteiger partial charge is 0.493 e. The van der Waals surface area contributed by atoms with Gasteiger partial charge in [-0.3, -0.25) is 0 Å². The van der Waals surface area contributed by atoms with Crippen molar-refractivity contribution in [3.8, 4) is 11.5 Å². The van der Waals surface area contributed by atoms with Crippen LogP contribution in [0.5, 0.6) is 11.5 Å². The molecule has 2 aromatic rings. The fourth-order valence-corrected chi connectivity index (χ4v) is 4.30. The van der Waals surface area contributed by atoms with Gasteiger partial charge < -0.3 is 19.9 Å². The van der Waals surface area contributed by atoms with E-state index in [0.29, 0.717) is 18.3 Å². The summed E-state index contributed by atoms with van der Waals surface area (Å²) in [5.41, 5.74) is 3.77. The molecule has 1 unspecified atom stereocenters. The van der Waals surface area contributed by atoms with E-state index in [0.717, 1.165) is 36.4 Å². The van der Waals surface area contributed by atoms with Crippen molar-refractivity contribution in [2.75, 3.05) is 20.8 Å². The number of fused-ring (bicyclic) bond motifs is 1. The van der Waals surface area contributed by atoms with E-state index in [1.54, 1.807) is 14.2 Å². The minimum atomic E-state index is -0.389. The lowest BCUT2D eigenvalue weighted by atomic mass is 9.84. The zero-order valence-electron chi connectivity index (χ0n) is 17.4. The average Bonchev–Trinajstić information content (AvgIpc) is 2.70. The number of benzene rings is 2. The molecule has 0 heterocycles. The van der Waals surface area contributed by atoms with E-state index < -0.39 is 0 Å². The zero-order chi connectivity index (χ0) is 20.1. The molecule has 0 radical (unpaired) electrons. The van der Waals surface area contributed by atoms with E-state index in [1.165, 1.54) is 11.1 Å². The molecule has 1 aliphatic rings. The molecular weight excluding hydrogens is 350 g/mol. The van der Waals surface area contributed by atoms with Crippen molar-refractivity contribution >= 4 is 0 Å². The van der Waals surface area contributed by atoms with Gasteiger partial charge in [-0.25, -0.2) is 0 Å². The SMILES string of the molecule is COc1cc2c(cc1OC)C[C@@H](NCCC(c1ccccc1)C(C)C)[C@H](O)C2. The monoisotopic (exact) mass is 383 g/mol. The van der Waals surface area contributed by atoms with Gasteiger partial charge in [0.05, 0.1) is 20.3 Å². The Morgan fingerprint density at radius 3 is 2.18 bits per heavy atom. The standard InChI is InChI=1S/C24H33NO3/c1-16(2)20(17-8-6-5-7-9-17)10-11-25-21-12-18-14-23(27-3)24(28-4)15-19(18)13-22(21)26/h5-9,14-16,20-22,25-26H,10-13H2,1-4H3/t20?,21-,22-/m1/s1. The van der Waals surface area contributed by atoms with Crippen molar-refractivity contribution in [2.24, 2.45) is 5.92 Å². The van der Waals surface area contributed by atoms with E-state index >= 15 is 0 Å². The van der Waals surface area contributed by atoms with Crippen molar-refractivity contribution in [2.45, 2.75) is 51.2 Å². The fraction of sp³-hybridized carbons (Fsp3) is 0.500. The minimum Gasteiger partial charge on any atom is -0.493 e. The maximum Gasteiger partial charge on any atom is 0.161 e. The first-order valence-electron chi connectivity index (χ1n) is 10.2. The number of ether oxygens (including phenoxy) is 2. The van der Waals surface area contributed by atoms with Gasteiger partial charge in [0, 0.05) is 12.5 Å². The summed E-state index contributed by atoms with van der Waals surface area (Å²) in [6.45, 7) is 5.45. The molecule has 3 rings (SSSR count). The Hall–Kier alpha value is -2.04. The van der Waals surface area contributed by atoms with Crippen LogP contribution in [-0.4, -0.2) is 38.0 Å². The average molecular weight is 384 g/mol. The molecule has 1 aliphatic carbocycles. The van der Waals surface area contributed by atoms with E-state index in [9.17, 15) is 5.11 Å². The fourth-order valence-electron chi connectivity index (χ4n) is 4.30. The molecule has 0 bridgehead atoms. The third kappa shape index (κ3) is 4.68. The van der Waals surface area contributed by atoms with Crippen molar-refractivity contribution < 1.29 is 14.6 Å². The van der Waals surface area contributed by atoms with Gasteiger partial charge in [0.15, 0.2) is 11.5 Å². The number of aliphatic hydroxyl groups is 1. The van der Waals surface area contributed by atoms with Crippen molar-refractivity contribution in [3.05, 3.63) is 59.2 Å². The molecule has 0 aliphatic heterocycles. The molecule has 2 N–H and O–H groups in total. The minimum absolute atomic E-state index is 0.0641. The summed E-state index contributed by atoms with van der Waals surface area (Å²) in [5.74, 6) is 2.58. The molecule has 0 amide bonds. The van der Waals surface area contributed by atoms with Crippen LogP contribution in [0.3, 0.4) is 0 Å². The molecule has 2 aromatic carbocycles. The first kappa shape index (κ1) is 20.7. The van der Waals surface area contributed by atoms with Crippen molar-refractivity contribution in [1.82, 2.24) is 5.32 Å². The predicted molar refractivity (Wildman–Crippen MR) is 113 cm³/mol. The Balaban J connectivity index is 1.64. The highest BCUT2D eigenvalue weighted by atomic mass is 16.5. The normalized spacial score (nSPS) is 19.9. The maximum atomic E-state index is 10.7. The van der Waals surface area contributed by atoms with Gasteiger partial charge in [-0.15, -0.1) is 0 Å². The van der Waals surface area contributed by atoms with Crippen LogP contribution < -0.4 is 14.8 Å². The van der Waals surface area contributed by atoms with Crippen LogP contribution in [0.4, 0.5) is 0 Å². The van der Waals surface area contributed by atoms with Gasteiger partial charge in [-0.05, 0) is 60.0 Å². The lowest BCUT2D eigenvalue weighted by molar-refractivity contribution is 0.118. The van der Waals surface area contributed by atoms with Crippen molar-refractivity contribution in [3.63, 3.8) is 0 Å². The number of nitrogens with one attached hydrogen (secondary N) is 1. The van der Waals surface area contributed by atoms with Gasteiger partial charge in [0.2, 0.25) is 0 Å². The Kier molecular flexibility index (Phi) is 6.97. The third-order valence-corrected chi connectivity index (χ3v) is 5.93. The Morgan fingerprint density at radius 2 is 1.61 bits per heavy atom. The molecule has 152 valence electrons. The maximum absolute atomic E-state index is 10.7. The molecule has 3 atom stereocenters. The molecule has 0 aromatic heterocycles. The van der Waals surface area contributed by atoms with Crippen LogP contribution in [0.2, 0.25) is 0 Å². The Morgan fingerprint density at radius 1 is 1.00 bits per heavy atom. The van der Waals surface area contributed by atoms with E-state index in [-0.39, 0.29) is 12.1 Å². The molecule has 28 heavy (non-hydrogen) atoms. The van der Waals surface area contributed by atoms with Gasteiger partial charge in [0.25, 0.3) is 0 Å². The molecular formula is C24H33NO3. The van der Waals surface area contributed by atoms with Crippen LogP contribution >= 0.6 is 0 Å². The smallest absolute Gasteiger partial charge is 0.161 e. The topological polar surface area (TPSA) is 50.7 Å². The lowest BCUT2D eigenvalue weighted by Crippen LogP contribution is -2.46. The molecule has 0 saturated heterocycles. The highest BCUT2D eigenvalue weighted by Crippen LogP contribution is 2.34. The zero-order valence-corrected chi connectivity index (χ0v) is 17.4. The highest BCUT2D eigenvalue weighted by Gasteiger charge is 2.28. The highest BCUT2D eigenvalue weighted by molar-refractivity contribution is 5.49. The molecule has 4 heteroatoms. The summed E-state index contributed by atoms with van der Waals surface area (Å²) in [4.78, 5) is 0. The number of hydrogen-bond donors (Lipinski definition) is 2. The van der Waals surface area contributed by atoms with Crippen LogP contribution in [0, 0.1) is 5.92 Å². The van der Waals surface area contributed by atoms with Gasteiger partial charge in [-0.2, -0.15) is 0 Å². The van der Waals surface area contributed by atoms with Crippen LogP contribution in [0.15, 0.2) is 42.5 Å². The molecule has 0 saturated carbocycles. The first-order valence-corrected chi connectivity index (χ1v) is 10.2. The van der Waals surface area contributed by atoms with E-state index in [1.807, 2.05) is 6.07 Å². The van der Waals surface area contributed by atoms with Gasteiger partial charge in [-0.1, -0.05) is 44.2 Å². The Labute approximate surface area is 168 Å². The molecule has 0 spiro atoms. The van der Waals surface area contributed by atoms with Crippen LogP contribution in [0.25, 0.3) is 0 Å². The second-order valence-corrected chi connectivity index (χ2v) is 8.06. The first-order chi connectivity index (χ1) is 13.5. The second-order valence-electron chi connectivity index (χ2n) is 8.06. The number of rotatable bonds is 8. The Bertz CT molecular complexity index is 760. The van der Waals surface area contributed by atoms with Gasteiger partial charge in [0.1, 0.15) is 0 Å². The molecule has 0 fully saturated rings. The summed E-state index contributed by atoms with van der Waals surface area (Å²) in [6, 6.07) is 14.8. The van der Waals surface area contributed by atoms with Gasteiger partial charge >= 0.3 is 0 Å². The number of methoxy groups -OCH3 is 2. The summed E-state index contributed by atoms with van der Waals surface area (Å²) in [5, 5.41) is 14.3. The number of hydrogen-bond acceptors (Lipinski definition) is 4. The summed E-state index contributed by atoms with van der Waals surface area (Å²) >= 11 is 0. The van der Waals surface area contributed by atoms with E-state index in [4.69, 9.17) is 9.47 Å². The van der Waals surface area contributed by atoms with Crippen molar-refractivity contribution in [1.29, 1.82) is 0 Å². The van der Waals surface area contributed by atoms with E-state index in [2.05, 4.69) is 55.6 Å².